The Morgan fingerprint density at radius 1 is 0.889 bits per heavy atom. The first kappa shape index (κ1) is 30.9. The van der Waals surface area contributed by atoms with Gasteiger partial charge in [-0.25, -0.2) is 4.79 Å². The lowest BCUT2D eigenvalue weighted by Gasteiger charge is -2.24. The second-order valence-corrected chi connectivity index (χ2v) is 8.54. The molecule has 1 aromatic rings. The number of aliphatic carboxylic acids is 1. The van der Waals surface area contributed by atoms with E-state index in [4.69, 9.17) is 17.2 Å². The van der Waals surface area contributed by atoms with Crippen LogP contribution in [0.5, 0.6) is 5.75 Å². The van der Waals surface area contributed by atoms with Crippen molar-refractivity contribution < 1.29 is 29.4 Å². The number of carboxylic acids is 1. The van der Waals surface area contributed by atoms with Gasteiger partial charge in [0.2, 0.25) is 17.7 Å². The first-order chi connectivity index (χ1) is 17.0. The van der Waals surface area contributed by atoms with Gasteiger partial charge in [0.1, 0.15) is 23.9 Å². The van der Waals surface area contributed by atoms with Crippen molar-refractivity contribution in [1.29, 1.82) is 0 Å². The van der Waals surface area contributed by atoms with Gasteiger partial charge >= 0.3 is 5.97 Å². The number of carboxylic acid groups (broad SMARTS) is 1. The first-order valence-electron chi connectivity index (χ1n) is 10.9. The van der Waals surface area contributed by atoms with Gasteiger partial charge in [0.15, 0.2) is 5.96 Å². The van der Waals surface area contributed by atoms with Crippen molar-refractivity contribution in [1.82, 2.24) is 16.0 Å². The number of guanidine groups is 1. The number of rotatable bonds is 15. The Kier molecular flexibility index (Phi) is 13.5. The average molecular weight is 544 g/mol. The molecule has 4 atom stereocenters. The van der Waals surface area contributed by atoms with E-state index in [1.807, 2.05) is 0 Å². The number of nitrogens with one attached hydrogen (secondary N) is 3. The molecule has 0 saturated heterocycles. The number of hydrogen-bond donors (Lipinski definition) is 10. The summed E-state index contributed by atoms with van der Waals surface area (Å²) in [5.41, 5.74) is 16.7. The van der Waals surface area contributed by atoms with Gasteiger partial charge in [-0.1, -0.05) is 12.1 Å². The zero-order chi connectivity index (χ0) is 27.3. The fourth-order valence-corrected chi connectivity index (χ4v) is 3.36. The molecule has 15 heteroatoms. The molecule has 0 saturated carbocycles. The third-order valence-electron chi connectivity index (χ3n) is 4.92. The Morgan fingerprint density at radius 2 is 1.44 bits per heavy atom. The molecule has 0 aromatic heterocycles. The number of phenolic OH excluding ortho intramolecular Hbond substituents is 1. The van der Waals surface area contributed by atoms with Crippen molar-refractivity contribution in [3.63, 3.8) is 0 Å². The third kappa shape index (κ3) is 11.0. The van der Waals surface area contributed by atoms with Crippen LogP contribution in [-0.2, 0) is 25.6 Å². The summed E-state index contributed by atoms with van der Waals surface area (Å²) >= 11 is 8.03. The van der Waals surface area contributed by atoms with E-state index in [1.54, 1.807) is 12.1 Å². The number of phenols is 1. The molecule has 11 N–H and O–H groups in total. The van der Waals surface area contributed by atoms with Crippen LogP contribution in [0.25, 0.3) is 0 Å². The topological polar surface area (TPSA) is 235 Å². The maximum atomic E-state index is 13.1. The Balaban J connectivity index is 3.03. The summed E-state index contributed by atoms with van der Waals surface area (Å²) in [5.74, 6) is -3.54. The smallest absolute Gasteiger partial charge is 0.326 e. The van der Waals surface area contributed by atoms with Crippen LogP contribution in [0.15, 0.2) is 29.3 Å². The Bertz CT molecular complexity index is 928. The van der Waals surface area contributed by atoms with Crippen molar-refractivity contribution in [3.05, 3.63) is 29.8 Å². The molecular formula is C21H33N7O6S2. The van der Waals surface area contributed by atoms with Gasteiger partial charge in [-0.15, -0.1) is 0 Å². The van der Waals surface area contributed by atoms with Crippen molar-refractivity contribution in [2.45, 2.75) is 43.4 Å². The second kappa shape index (κ2) is 15.7. The molecular weight excluding hydrogens is 510 g/mol. The highest BCUT2D eigenvalue weighted by molar-refractivity contribution is 7.80. The molecule has 0 spiro atoms. The highest BCUT2D eigenvalue weighted by Crippen LogP contribution is 2.12. The van der Waals surface area contributed by atoms with Crippen molar-refractivity contribution in [3.8, 4) is 5.75 Å². The molecule has 3 amide bonds. The highest BCUT2D eigenvalue weighted by atomic mass is 32.1. The maximum absolute atomic E-state index is 13.1. The van der Waals surface area contributed by atoms with Crippen LogP contribution in [0.1, 0.15) is 18.4 Å². The van der Waals surface area contributed by atoms with Gasteiger partial charge in [0.05, 0.1) is 6.04 Å². The number of hydrogen-bond acceptors (Lipinski definition) is 9. The van der Waals surface area contributed by atoms with Gasteiger partial charge in [0, 0.05) is 24.5 Å². The third-order valence-corrected chi connectivity index (χ3v) is 5.68. The van der Waals surface area contributed by atoms with E-state index >= 15 is 0 Å². The molecule has 0 aliphatic carbocycles. The van der Waals surface area contributed by atoms with E-state index in [2.05, 4.69) is 46.2 Å². The van der Waals surface area contributed by atoms with E-state index in [0.717, 1.165) is 0 Å². The van der Waals surface area contributed by atoms with E-state index in [1.165, 1.54) is 12.1 Å². The lowest BCUT2D eigenvalue weighted by molar-refractivity contribution is -0.142. The molecule has 0 aliphatic heterocycles. The minimum atomic E-state index is -1.27. The van der Waals surface area contributed by atoms with E-state index in [-0.39, 0.29) is 49.0 Å². The monoisotopic (exact) mass is 543 g/mol. The number of nitrogens with zero attached hydrogens (tertiary/aromatic N) is 1. The minimum Gasteiger partial charge on any atom is -0.508 e. The van der Waals surface area contributed by atoms with Crippen LogP contribution in [0.3, 0.4) is 0 Å². The zero-order valence-electron chi connectivity index (χ0n) is 19.5. The van der Waals surface area contributed by atoms with Crippen molar-refractivity contribution >= 4 is 54.9 Å². The summed E-state index contributed by atoms with van der Waals surface area (Å²) in [5, 5.41) is 26.4. The lowest BCUT2D eigenvalue weighted by atomic mass is 10.0. The molecule has 1 rings (SSSR count). The number of amides is 3. The number of aliphatic imine (C=N–C) groups is 1. The van der Waals surface area contributed by atoms with E-state index in [9.17, 15) is 29.4 Å². The molecule has 0 radical (unpaired) electrons. The summed E-state index contributed by atoms with van der Waals surface area (Å²) in [6.07, 6.45) is 0.291. The normalized spacial score (nSPS) is 14.0. The molecule has 0 aliphatic rings. The van der Waals surface area contributed by atoms with Crippen molar-refractivity contribution in [2.75, 3.05) is 18.1 Å². The summed E-state index contributed by atoms with van der Waals surface area (Å²) in [7, 11) is 0. The number of thiol groups is 2. The van der Waals surface area contributed by atoms with E-state index < -0.39 is 47.9 Å². The summed E-state index contributed by atoms with van der Waals surface area (Å²) in [4.78, 5) is 53.5. The highest BCUT2D eigenvalue weighted by Gasteiger charge is 2.30. The van der Waals surface area contributed by atoms with Crippen LogP contribution >= 0.6 is 25.3 Å². The molecule has 0 fully saturated rings. The van der Waals surface area contributed by atoms with E-state index in [0.29, 0.717) is 5.56 Å². The molecule has 4 unspecified atom stereocenters. The van der Waals surface area contributed by atoms with Crippen molar-refractivity contribution in [2.24, 2.45) is 22.2 Å². The summed E-state index contributed by atoms with van der Waals surface area (Å²) in [6, 6.07) is 1.38. The molecule has 200 valence electrons. The fraction of sp³-hybridized carbons (Fsp3) is 0.476. The Labute approximate surface area is 219 Å². The molecule has 1 aromatic carbocycles. The van der Waals surface area contributed by atoms with Crippen LogP contribution in [0.4, 0.5) is 0 Å². The summed E-state index contributed by atoms with van der Waals surface area (Å²) < 4.78 is 0. The van der Waals surface area contributed by atoms with Gasteiger partial charge in [-0.2, -0.15) is 25.3 Å². The standard InChI is InChI=1S/C21H33N7O6S2/c22-13(9-35)17(30)28-16(10-36)19(32)27-15(8-11-3-5-12(29)6-4-11)18(31)26-14(20(33)34)2-1-7-25-21(23)24/h3-6,13-16,29,35-36H,1-2,7-10,22H2,(H,26,31)(H,27,32)(H,28,30)(H,33,34)(H4,23,24,25). The number of carbonyl (C=O) groups is 4. The predicted molar refractivity (Wildman–Crippen MR) is 141 cm³/mol. The maximum Gasteiger partial charge on any atom is 0.326 e. The van der Waals surface area contributed by atoms with Crippen LogP contribution in [-0.4, -0.2) is 82.1 Å². The molecule has 0 heterocycles. The molecule has 36 heavy (non-hydrogen) atoms. The molecule has 0 bridgehead atoms. The predicted octanol–water partition coefficient (Wildman–Crippen LogP) is -2.29. The number of benzene rings is 1. The van der Waals surface area contributed by atoms with Gasteiger partial charge in [-0.05, 0) is 30.5 Å². The van der Waals surface area contributed by atoms with Gasteiger partial charge in [0.25, 0.3) is 0 Å². The molecule has 13 nitrogen and oxygen atoms in total. The Hall–Kier alpha value is -3.17. The number of carbonyl (C=O) groups excluding carboxylic acids is 3. The summed E-state index contributed by atoms with van der Waals surface area (Å²) in [6.45, 7) is 0.174. The zero-order valence-corrected chi connectivity index (χ0v) is 21.3. The number of aromatic hydroxyl groups is 1. The van der Waals surface area contributed by atoms with Crippen LogP contribution in [0, 0.1) is 0 Å². The van der Waals surface area contributed by atoms with Gasteiger partial charge < -0.3 is 43.4 Å². The van der Waals surface area contributed by atoms with Crippen LogP contribution < -0.4 is 33.2 Å². The largest absolute Gasteiger partial charge is 0.508 e. The average Bonchev–Trinajstić information content (AvgIpc) is 2.83. The quantitative estimate of drug-likeness (QED) is 0.0495. The second-order valence-electron chi connectivity index (χ2n) is 7.81. The fourth-order valence-electron chi connectivity index (χ4n) is 2.94. The SMILES string of the molecule is NC(N)=NCCCC(NC(=O)C(Cc1ccc(O)cc1)NC(=O)C(CS)NC(=O)C(N)CS)C(=O)O. The minimum absolute atomic E-state index is 0.00822. The first-order valence-corrected chi connectivity index (χ1v) is 12.2. The number of nitrogens with two attached hydrogens (primary N) is 3. The van der Waals surface area contributed by atoms with Gasteiger partial charge in [-0.3, -0.25) is 19.4 Å². The lowest BCUT2D eigenvalue weighted by Crippen LogP contribution is -2.58. The van der Waals surface area contributed by atoms with Crippen LogP contribution in [0.2, 0.25) is 0 Å². The Morgan fingerprint density at radius 3 is 1.97 bits per heavy atom.